The lowest BCUT2D eigenvalue weighted by atomic mass is 10.1. The average Bonchev–Trinajstić information content (AvgIpc) is 2.92. The van der Waals surface area contributed by atoms with Crippen molar-refractivity contribution in [1.29, 1.82) is 0 Å². The van der Waals surface area contributed by atoms with Crippen molar-refractivity contribution in [2.75, 3.05) is 19.1 Å². The summed E-state index contributed by atoms with van der Waals surface area (Å²) in [5.74, 6) is 0.989. The van der Waals surface area contributed by atoms with E-state index in [1.165, 1.54) is 23.1 Å². The number of hydrogen-bond donors (Lipinski definition) is 0. The van der Waals surface area contributed by atoms with Crippen molar-refractivity contribution in [2.24, 2.45) is 0 Å². The third kappa shape index (κ3) is 3.74. The summed E-state index contributed by atoms with van der Waals surface area (Å²) < 4.78 is 6.96. The number of carbonyl (C=O) groups excluding carboxylic acids is 1. The van der Waals surface area contributed by atoms with E-state index in [9.17, 15) is 4.79 Å². The fourth-order valence-corrected chi connectivity index (χ4v) is 3.90. The summed E-state index contributed by atoms with van der Waals surface area (Å²) in [7, 11) is 1.57. The number of hydrogen-bond acceptors (Lipinski definition) is 7. The normalized spacial score (nSPS) is 10.6. The van der Waals surface area contributed by atoms with Gasteiger partial charge in [-0.15, -0.1) is 10.2 Å². The fraction of sp³-hybridized carbons (Fsp3) is 0.308. The molecule has 2 aromatic rings. The summed E-state index contributed by atoms with van der Waals surface area (Å²) in [6.45, 7) is 1.96. The molecule has 0 aliphatic carbocycles. The maximum Gasteiger partial charge on any atom is 0.176 e. The number of aromatic nitrogens is 2. The van der Waals surface area contributed by atoms with E-state index in [0.29, 0.717) is 17.1 Å². The van der Waals surface area contributed by atoms with Gasteiger partial charge in [-0.1, -0.05) is 46.5 Å². The van der Waals surface area contributed by atoms with Crippen molar-refractivity contribution in [3.05, 3.63) is 29.3 Å². The molecule has 106 valence electrons. The number of aryl methyl sites for hydroxylation is 1. The van der Waals surface area contributed by atoms with Gasteiger partial charge in [0.05, 0.1) is 18.4 Å². The van der Waals surface area contributed by atoms with E-state index in [1.807, 2.05) is 31.4 Å². The number of ketones is 1. The average molecular weight is 326 g/mol. The van der Waals surface area contributed by atoms with Gasteiger partial charge in [0.1, 0.15) is 5.75 Å². The second-order valence-corrected chi connectivity index (χ2v) is 7.21. The topological polar surface area (TPSA) is 52.1 Å². The molecule has 0 saturated heterocycles. The number of rotatable bonds is 6. The van der Waals surface area contributed by atoms with Crippen LogP contribution >= 0.6 is 34.9 Å². The minimum atomic E-state index is 0.0384. The summed E-state index contributed by atoms with van der Waals surface area (Å²) in [5.41, 5.74) is 1.66. The summed E-state index contributed by atoms with van der Waals surface area (Å²) in [6, 6.07) is 5.61. The van der Waals surface area contributed by atoms with Gasteiger partial charge in [0, 0.05) is 0 Å². The Hall–Kier alpha value is -1.05. The van der Waals surface area contributed by atoms with Gasteiger partial charge in [0.25, 0.3) is 0 Å². The quantitative estimate of drug-likeness (QED) is 0.598. The molecule has 0 atom stereocenters. The lowest BCUT2D eigenvalue weighted by Gasteiger charge is -2.07. The molecule has 0 fully saturated rings. The molecule has 1 aromatic heterocycles. The number of benzene rings is 1. The highest BCUT2D eigenvalue weighted by molar-refractivity contribution is 8.03. The molecule has 0 radical (unpaired) electrons. The molecule has 7 heteroatoms. The number of methoxy groups -OCH3 is 1. The van der Waals surface area contributed by atoms with Crippen molar-refractivity contribution in [3.63, 3.8) is 0 Å². The first-order valence-electron chi connectivity index (χ1n) is 5.82. The summed E-state index contributed by atoms with van der Waals surface area (Å²) >= 11 is 4.47. The van der Waals surface area contributed by atoms with E-state index in [1.54, 1.807) is 18.9 Å². The minimum Gasteiger partial charge on any atom is -0.496 e. The summed E-state index contributed by atoms with van der Waals surface area (Å²) in [5, 5.41) is 8.05. The lowest BCUT2D eigenvalue weighted by molar-refractivity contribution is 0.101. The molecule has 20 heavy (non-hydrogen) atoms. The number of ether oxygens (including phenoxy) is 1. The van der Waals surface area contributed by atoms with Gasteiger partial charge >= 0.3 is 0 Å². The largest absolute Gasteiger partial charge is 0.496 e. The van der Waals surface area contributed by atoms with Crippen LogP contribution in [0.15, 0.2) is 26.9 Å². The molecule has 4 nitrogen and oxygen atoms in total. The first-order valence-corrected chi connectivity index (χ1v) is 8.85. The first-order chi connectivity index (χ1) is 9.63. The first kappa shape index (κ1) is 15.3. The van der Waals surface area contributed by atoms with Crippen LogP contribution in [0.2, 0.25) is 0 Å². The zero-order chi connectivity index (χ0) is 14.5. The van der Waals surface area contributed by atoms with E-state index in [2.05, 4.69) is 10.2 Å². The minimum absolute atomic E-state index is 0.0384. The van der Waals surface area contributed by atoms with Crippen LogP contribution in [-0.4, -0.2) is 35.1 Å². The van der Waals surface area contributed by atoms with E-state index in [0.717, 1.165) is 14.2 Å². The highest BCUT2D eigenvalue weighted by Crippen LogP contribution is 2.29. The summed E-state index contributed by atoms with van der Waals surface area (Å²) in [6.07, 6.45) is 1.96. The van der Waals surface area contributed by atoms with Crippen LogP contribution in [0.3, 0.4) is 0 Å². The van der Waals surface area contributed by atoms with Crippen LogP contribution in [0.4, 0.5) is 0 Å². The van der Waals surface area contributed by atoms with Crippen molar-refractivity contribution in [3.8, 4) is 5.75 Å². The monoisotopic (exact) mass is 326 g/mol. The second kappa shape index (κ2) is 7.10. The Balaban J connectivity index is 2.06. The van der Waals surface area contributed by atoms with Gasteiger partial charge in [0.2, 0.25) is 0 Å². The number of nitrogens with zero attached hydrogens (tertiary/aromatic N) is 2. The van der Waals surface area contributed by atoms with E-state index < -0.39 is 0 Å². The van der Waals surface area contributed by atoms with Crippen LogP contribution < -0.4 is 4.74 Å². The standard InChI is InChI=1S/C13H14N2O2S3/c1-8-4-5-11(17-2)9(6-8)10(16)7-19-13-15-14-12(18-3)20-13/h4-6H,7H2,1-3H3. The number of carbonyl (C=O) groups is 1. The number of Topliss-reactive ketones (excluding diaryl/α,β-unsaturated/α-hetero) is 1. The van der Waals surface area contributed by atoms with Crippen molar-refractivity contribution in [2.45, 2.75) is 15.6 Å². The molecule has 0 saturated carbocycles. The maximum atomic E-state index is 12.3. The molecule has 0 aliphatic rings. The van der Waals surface area contributed by atoms with E-state index in [4.69, 9.17) is 4.74 Å². The predicted molar refractivity (Wildman–Crippen MR) is 84.5 cm³/mol. The Kier molecular flexibility index (Phi) is 5.45. The molecule has 0 spiro atoms. The zero-order valence-electron chi connectivity index (χ0n) is 11.4. The van der Waals surface area contributed by atoms with Gasteiger partial charge in [-0.2, -0.15) is 0 Å². The van der Waals surface area contributed by atoms with Crippen LogP contribution in [-0.2, 0) is 0 Å². The highest BCUT2D eigenvalue weighted by atomic mass is 32.2. The number of thioether (sulfide) groups is 2. The van der Waals surface area contributed by atoms with Crippen LogP contribution in [0.1, 0.15) is 15.9 Å². The van der Waals surface area contributed by atoms with Gasteiger partial charge in [-0.05, 0) is 25.3 Å². The van der Waals surface area contributed by atoms with Crippen molar-refractivity contribution < 1.29 is 9.53 Å². The molecule has 0 aliphatic heterocycles. The van der Waals surface area contributed by atoms with E-state index >= 15 is 0 Å². The summed E-state index contributed by atoms with van der Waals surface area (Å²) in [4.78, 5) is 12.3. The molecule has 1 heterocycles. The SMILES string of the molecule is COc1ccc(C)cc1C(=O)CSc1nnc(SC)s1. The van der Waals surface area contributed by atoms with Crippen LogP contribution in [0.25, 0.3) is 0 Å². The molecule has 0 amide bonds. The molecule has 0 N–H and O–H groups in total. The van der Waals surface area contributed by atoms with Gasteiger partial charge < -0.3 is 4.74 Å². The van der Waals surface area contributed by atoms with Crippen molar-refractivity contribution >= 4 is 40.6 Å². The zero-order valence-corrected chi connectivity index (χ0v) is 13.8. The van der Waals surface area contributed by atoms with Gasteiger partial charge in [0.15, 0.2) is 14.5 Å². The van der Waals surface area contributed by atoms with E-state index in [-0.39, 0.29) is 5.78 Å². The third-order valence-corrected chi connectivity index (χ3v) is 5.58. The Morgan fingerprint density at radius 2 is 2.10 bits per heavy atom. The Labute approximate surface area is 130 Å². The fourth-order valence-electron chi connectivity index (χ4n) is 1.58. The molecular formula is C13H14N2O2S3. The highest BCUT2D eigenvalue weighted by Gasteiger charge is 2.14. The molecule has 0 bridgehead atoms. The molecule has 2 rings (SSSR count). The van der Waals surface area contributed by atoms with Crippen LogP contribution in [0, 0.1) is 6.92 Å². The molecular weight excluding hydrogens is 312 g/mol. The van der Waals surface area contributed by atoms with Crippen molar-refractivity contribution in [1.82, 2.24) is 10.2 Å². The van der Waals surface area contributed by atoms with Gasteiger partial charge in [-0.25, -0.2) is 0 Å². The molecule has 1 aromatic carbocycles. The predicted octanol–water partition coefficient (Wildman–Crippen LogP) is 3.55. The lowest BCUT2D eigenvalue weighted by Crippen LogP contribution is -2.05. The Bertz CT molecular complexity index is 613. The Morgan fingerprint density at radius 3 is 2.75 bits per heavy atom. The third-order valence-electron chi connectivity index (χ3n) is 2.54. The smallest absolute Gasteiger partial charge is 0.176 e. The van der Waals surface area contributed by atoms with Crippen LogP contribution in [0.5, 0.6) is 5.75 Å². The maximum absolute atomic E-state index is 12.3. The Morgan fingerprint density at radius 1 is 1.35 bits per heavy atom. The molecule has 0 unspecified atom stereocenters. The second-order valence-electron chi connectivity index (χ2n) is 3.95. The van der Waals surface area contributed by atoms with Gasteiger partial charge in [-0.3, -0.25) is 4.79 Å².